The van der Waals surface area contributed by atoms with Gasteiger partial charge in [0.2, 0.25) is 0 Å². The van der Waals surface area contributed by atoms with E-state index in [4.69, 9.17) is 0 Å². The molecule has 5 heteroatoms. The summed E-state index contributed by atoms with van der Waals surface area (Å²) >= 11 is 1.77. The van der Waals surface area contributed by atoms with E-state index in [-0.39, 0.29) is 0 Å². The number of fused-ring (bicyclic) bond motifs is 1. The second kappa shape index (κ2) is 6.99. The van der Waals surface area contributed by atoms with Gasteiger partial charge < -0.3 is 10.6 Å². The fourth-order valence-corrected chi connectivity index (χ4v) is 4.87. The largest absolute Gasteiger partial charge is 0.354 e. The van der Waals surface area contributed by atoms with E-state index < -0.39 is 0 Å². The van der Waals surface area contributed by atoms with Crippen LogP contribution >= 0.6 is 11.3 Å². The van der Waals surface area contributed by atoms with Crippen molar-refractivity contribution in [3.05, 3.63) is 15.6 Å². The van der Waals surface area contributed by atoms with Crippen molar-refractivity contribution in [3.8, 4) is 0 Å². The zero-order valence-electron chi connectivity index (χ0n) is 14.0. The molecule has 2 N–H and O–H groups in total. The Bertz CT molecular complexity index is 517. The molecule has 0 aromatic carbocycles. The van der Waals surface area contributed by atoms with E-state index in [9.17, 15) is 0 Å². The van der Waals surface area contributed by atoms with Crippen LogP contribution in [0, 0.1) is 25.7 Å². The summed E-state index contributed by atoms with van der Waals surface area (Å²) in [6, 6.07) is 0.588. The molecule has 1 aromatic heterocycles. The van der Waals surface area contributed by atoms with Gasteiger partial charge in [-0.05, 0) is 44.9 Å². The molecule has 22 heavy (non-hydrogen) atoms. The molecule has 1 aromatic rings. The molecule has 2 saturated carbocycles. The lowest BCUT2D eigenvalue weighted by Crippen LogP contribution is -2.45. The molecule has 0 amide bonds. The Labute approximate surface area is 137 Å². The number of thiazole rings is 1. The Morgan fingerprint density at radius 3 is 2.77 bits per heavy atom. The average molecular weight is 321 g/mol. The van der Waals surface area contributed by atoms with E-state index in [0.29, 0.717) is 6.04 Å². The van der Waals surface area contributed by atoms with E-state index in [2.05, 4.69) is 34.5 Å². The highest BCUT2D eigenvalue weighted by molar-refractivity contribution is 7.11. The Morgan fingerprint density at radius 2 is 2.05 bits per heavy atom. The number of hydrogen-bond acceptors (Lipinski definition) is 3. The van der Waals surface area contributed by atoms with Crippen molar-refractivity contribution in [1.29, 1.82) is 0 Å². The number of nitrogens with one attached hydrogen (secondary N) is 2. The molecule has 3 rings (SSSR count). The van der Waals surface area contributed by atoms with Crippen LogP contribution in [0.2, 0.25) is 0 Å². The third-order valence-electron chi connectivity index (χ3n) is 5.33. The zero-order valence-corrected chi connectivity index (χ0v) is 14.8. The average Bonchev–Trinajstić information content (AvgIpc) is 3.10. The standard InChI is InChI=1S/C17H28N4S/c1-11-12(2)22-16(20-11)10-19-17(18-3)21-15-8-7-13-5-4-6-14(13)9-15/h13-15H,4-10H2,1-3H3,(H2,18,19,21). The molecule has 3 unspecified atom stereocenters. The van der Waals surface area contributed by atoms with Gasteiger partial charge in [-0.2, -0.15) is 0 Å². The van der Waals surface area contributed by atoms with Crippen LogP contribution in [0.15, 0.2) is 4.99 Å². The summed E-state index contributed by atoms with van der Waals surface area (Å²) in [7, 11) is 1.86. The molecule has 0 aliphatic heterocycles. The number of rotatable bonds is 3. The Balaban J connectivity index is 1.49. The minimum Gasteiger partial charge on any atom is -0.354 e. The number of aryl methyl sites for hydroxylation is 2. The van der Waals surface area contributed by atoms with Gasteiger partial charge in [0.15, 0.2) is 5.96 Å². The third-order valence-corrected chi connectivity index (χ3v) is 6.41. The fourth-order valence-electron chi connectivity index (χ4n) is 4.00. The minimum atomic E-state index is 0.588. The van der Waals surface area contributed by atoms with Crippen molar-refractivity contribution in [3.63, 3.8) is 0 Å². The second-order valence-corrected chi connectivity index (χ2v) is 8.07. The van der Waals surface area contributed by atoms with E-state index in [1.807, 2.05) is 7.05 Å². The first-order valence-electron chi connectivity index (χ1n) is 8.55. The first-order valence-corrected chi connectivity index (χ1v) is 9.37. The van der Waals surface area contributed by atoms with Crippen LogP contribution in [0.25, 0.3) is 0 Å². The van der Waals surface area contributed by atoms with Crippen molar-refractivity contribution in [2.45, 2.75) is 65.0 Å². The van der Waals surface area contributed by atoms with Crippen LogP contribution < -0.4 is 10.6 Å². The number of aromatic nitrogens is 1. The van der Waals surface area contributed by atoms with Crippen LogP contribution in [0.5, 0.6) is 0 Å². The Kier molecular flexibility index (Phi) is 5.01. The highest BCUT2D eigenvalue weighted by Gasteiger charge is 2.33. The molecular formula is C17H28N4S. The number of aliphatic imine (C=N–C) groups is 1. The van der Waals surface area contributed by atoms with E-state index in [0.717, 1.165) is 35.0 Å². The van der Waals surface area contributed by atoms with Gasteiger partial charge in [-0.3, -0.25) is 4.99 Å². The molecule has 2 aliphatic rings. The molecule has 0 spiro atoms. The number of guanidine groups is 1. The van der Waals surface area contributed by atoms with Gasteiger partial charge in [-0.1, -0.05) is 19.3 Å². The molecule has 122 valence electrons. The summed E-state index contributed by atoms with van der Waals surface area (Å²) in [5.41, 5.74) is 1.14. The van der Waals surface area contributed by atoms with E-state index in [1.54, 1.807) is 11.3 Å². The van der Waals surface area contributed by atoms with E-state index >= 15 is 0 Å². The van der Waals surface area contributed by atoms with Gasteiger partial charge in [0, 0.05) is 18.0 Å². The lowest BCUT2D eigenvalue weighted by Gasteiger charge is -2.33. The maximum atomic E-state index is 4.58. The zero-order chi connectivity index (χ0) is 15.5. The summed E-state index contributed by atoms with van der Waals surface area (Å²) in [4.78, 5) is 10.3. The summed E-state index contributed by atoms with van der Waals surface area (Å²) in [5, 5.41) is 8.18. The maximum absolute atomic E-state index is 4.58. The summed E-state index contributed by atoms with van der Waals surface area (Å²) in [5.74, 6) is 2.88. The molecule has 0 bridgehead atoms. The van der Waals surface area contributed by atoms with E-state index in [1.165, 1.54) is 43.4 Å². The van der Waals surface area contributed by atoms with Crippen LogP contribution in [0.4, 0.5) is 0 Å². The summed E-state index contributed by atoms with van der Waals surface area (Å²) < 4.78 is 0. The second-order valence-electron chi connectivity index (χ2n) is 6.78. The lowest BCUT2D eigenvalue weighted by atomic mass is 9.79. The van der Waals surface area contributed by atoms with Crippen molar-refractivity contribution >= 4 is 17.3 Å². The molecule has 2 aliphatic carbocycles. The number of hydrogen-bond donors (Lipinski definition) is 2. The molecule has 1 heterocycles. The smallest absolute Gasteiger partial charge is 0.191 e. The van der Waals surface area contributed by atoms with Gasteiger partial charge in [-0.25, -0.2) is 4.98 Å². The van der Waals surface area contributed by atoms with Crippen molar-refractivity contribution in [1.82, 2.24) is 15.6 Å². The quantitative estimate of drug-likeness (QED) is 0.663. The monoisotopic (exact) mass is 320 g/mol. The van der Waals surface area contributed by atoms with Gasteiger partial charge in [0.05, 0.1) is 12.2 Å². The number of nitrogens with zero attached hydrogens (tertiary/aromatic N) is 2. The van der Waals surface area contributed by atoms with Crippen molar-refractivity contribution in [2.24, 2.45) is 16.8 Å². The van der Waals surface area contributed by atoms with Crippen molar-refractivity contribution < 1.29 is 0 Å². The highest BCUT2D eigenvalue weighted by atomic mass is 32.1. The molecule has 4 nitrogen and oxygen atoms in total. The first kappa shape index (κ1) is 15.8. The molecule has 2 fully saturated rings. The molecule has 0 radical (unpaired) electrons. The van der Waals surface area contributed by atoms with Gasteiger partial charge >= 0.3 is 0 Å². The molecule has 0 saturated heterocycles. The Hall–Kier alpha value is -1.10. The minimum absolute atomic E-state index is 0.588. The fraction of sp³-hybridized carbons (Fsp3) is 0.765. The molecule has 3 atom stereocenters. The van der Waals surface area contributed by atoms with Crippen LogP contribution in [-0.2, 0) is 6.54 Å². The predicted octanol–water partition coefficient (Wildman–Crippen LogP) is 3.39. The van der Waals surface area contributed by atoms with Crippen LogP contribution in [-0.4, -0.2) is 24.0 Å². The highest BCUT2D eigenvalue weighted by Crippen LogP contribution is 2.41. The van der Waals surface area contributed by atoms with Crippen LogP contribution in [0.1, 0.15) is 54.1 Å². The normalized spacial score (nSPS) is 28.5. The third kappa shape index (κ3) is 3.62. The summed E-state index contributed by atoms with van der Waals surface area (Å²) in [6.07, 6.45) is 8.35. The van der Waals surface area contributed by atoms with Gasteiger partial charge in [0.25, 0.3) is 0 Å². The van der Waals surface area contributed by atoms with Crippen molar-refractivity contribution in [2.75, 3.05) is 7.05 Å². The summed E-state index contributed by atoms with van der Waals surface area (Å²) in [6.45, 7) is 4.96. The van der Waals surface area contributed by atoms with Gasteiger partial charge in [-0.15, -0.1) is 11.3 Å². The van der Waals surface area contributed by atoms with Crippen LogP contribution in [0.3, 0.4) is 0 Å². The first-order chi connectivity index (χ1) is 10.7. The Morgan fingerprint density at radius 1 is 1.23 bits per heavy atom. The predicted molar refractivity (Wildman–Crippen MR) is 93.4 cm³/mol. The SMILES string of the molecule is CN=C(NCc1nc(C)c(C)s1)NC1CCC2CCCC2C1. The molecular weight excluding hydrogens is 292 g/mol. The maximum Gasteiger partial charge on any atom is 0.191 e. The topological polar surface area (TPSA) is 49.3 Å². The lowest BCUT2D eigenvalue weighted by molar-refractivity contribution is 0.239. The van der Waals surface area contributed by atoms with Gasteiger partial charge in [0.1, 0.15) is 5.01 Å².